The Morgan fingerprint density at radius 1 is 0.580 bits per heavy atom. The van der Waals surface area contributed by atoms with Crippen molar-refractivity contribution in [3.8, 4) is 39.6 Å². The van der Waals surface area contributed by atoms with Crippen LogP contribution in [-0.4, -0.2) is 16.2 Å². The third-order valence-corrected chi connectivity index (χ3v) is 13.0. The van der Waals surface area contributed by atoms with Crippen LogP contribution in [0.3, 0.4) is 0 Å². The fourth-order valence-corrected chi connectivity index (χ4v) is 9.64. The zero-order valence-electron chi connectivity index (χ0n) is 40.7. The summed E-state index contributed by atoms with van der Waals surface area (Å²) < 4.78 is 94.5. The number of benzene rings is 7. The van der Waals surface area contributed by atoms with Gasteiger partial charge >= 0.3 is 0 Å². The summed E-state index contributed by atoms with van der Waals surface area (Å²) in [7, 11) is 0. The molecule has 0 saturated heterocycles. The maximum absolute atomic E-state index is 15.9. The van der Waals surface area contributed by atoms with Gasteiger partial charge in [-0.2, -0.15) is 0 Å². The molecule has 0 atom stereocenters. The molecule has 9 aromatic rings. The summed E-state index contributed by atoms with van der Waals surface area (Å²) in [6.45, 7) is 16.1. The van der Waals surface area contributed by atoms with E-state index in [0.717, 1.165) is 55.6 Å². The van der Waals surface area contributed by atoms with Crippen LogP contribution < -0.4 is 14.5 Å². The van der Waals surface area contributed by atoms with Gasteiger partial charge in [-0.15, -0.1) is 0 Å². The number of ether oxygens (including phenoxy) is 1. The van der Waals surface area contributed by atoms with Gasteiger partial charge in [0, 0.05) is 41.7 Å². The van der Waals surface area contributed by atoms with Crippen molar-refractivity contribution in [1.82, 2.24) is 9.55 Å². The molecule has 0 saturated carbocycles. The number of fused-ring (bicyclic) bond motifs is 4. The second kappa shape index (κ2) is 16.9. The normalized spacial score (nSPS) is 13.4. The van der Waals surface area contributed by atoms with Crippen molar-refractivity contribution < 1.29 is 28.1 Å². The first kappa shape index (κ1) is 44.1. The first-order chi connectivity index (χ1) is 33.2. The van der Waals surface area contributed by atoms with E-state index in [4.69, 9.17) is 11.1 Å². The Morgan fingerprint density at radius 3 is 1.93 bits per heavy atom. The highest BCUT2D eigenvalue weighted by Crippen LogP contribution is 2.52. The molecule has 0 N–H and O–H groups in total. The second-order valence-corrected chi connectivity index (χ2v) is 19.9. The quantitative estimate of drug-likeness (QED) is 0.0864. The Bertz CT molecular complexity index is 3520. The van der Waals surface area contributed by atoms with Crippen LogP contribution in [0.4, 0.5) is 44.7 Å². The highest BCUT2D eigenvalue weighted by Gasteiger charge is 2.36. The average Bonchev–Trinajstić information content (AvgIpc) is 3.88. The van der Waals surface area contributed by atoms with Crippen molar-refractivity contribution in [3.05, 3.63) is 191 Å². The molecular weight excluding hydrogens is 876 g/mol. The standard InChI is InChI=1S/C59H51F5N4O/c1-34(2)40-16-9-10-17-41(40)35-28-37(31-39(29-35)69-38-24-25-43-42-18-11-12-21-46(42)68(49(43)32-38)50-30-36(26-27-65-50)58(3,4)5)66-33-67(48-23-14-13-22-47(48)66)57-44(19-15-20-45(57)59(6,7)8)51-52(60)54(62)56(64)55(63)53(51)61/h9-32,34H,33H2,1-8H3/i34D. The Hall–Kier alpha value is -7.46. The number of aromatic nitrogens is 2. The molecule has 0 radical (unpaired) electrons. The van der Waals surface area contributed by atoms with Gasteiger partial charge in [-0.3, -0.25) is 4.57 Å². The van der Waals surface area contributed by atoms with E-state index in [9.17, 15) is 4.39 Å². The van der Waals surface area contributed by atoms with Crippen molar-refractivity contribution in [2.24, 2.45) is 0 Å². The summed E-state index contributed by atoms with van der Waals surface area (Å²) in [6.07, 6.45) is 1.85. The topological polar surface area (TPSA) is 33.5 Å². The third-order valence-electron chi connectivity index (χ3n) is 13.0. The number of para-hydroxylation sites is 4. The van der Waals surface area contributed by atoms with Gasteiger partial charge in [0.15, 0.2) is 23.3 Å². The molecule has 0 spiro atoms. The van der Waals surface area contributed by atoms with Crippen molar-refractivity contribution in [2.45, 2.75) is 72.1 Å². The van der Waals surface area contributed by atoms with Crippen LogP contribution in [0.1, 0.15) is 79.3 Å². The van der Waals surface area contributed by atoms with E-state index in [0.29, 0.717) is 34.1 Å². The zero-order valence-corrected chi connectivity index (χ0v) is 39.7. The monoisotopic (exact) mass is 927 g/mol. The summed E-state index contributed by atoms with van der Waals surface area (Å²) in [6, 6.07) is 44.4. The van der Waals surface area contributed by atoms with Crippen LogP contribution in [0, 0.1) is 29.1 Å². The lowest BCUT2D eigenvalue weighted by Gasteiger charge is -2.32. The Kier molecular flexibility index (Phi) is 10.8. The summed E-state index contributed by atoms with van der Waals surface area (Å²) in [5.74, 6) is -9.21. The van der Waals surface area contributed by atoms with E-state index < -0.39 is 46.0 Å². The molecule has 2 aromatic heterocycles. The predicted molar refractivity (Wildman–Crippen MR) is 269 cm³/mol. The SMILES string of the molecule is [2H]C(C)(C)c1ccccc1-c1cc(Oc2ccc3c4ccccc4n(-c4cc(C(C)(C)C)ccn4)c3c2)cc(N2CN(c3c(-c4c(F)c(F)c(F)c(F)c4F)cccc3C(C)(C)C)c3ccccc32)c1. The number of anilines is 4. The molecule has 10 heteroatoms. The van der Waals surface area contributed by atoms with Crippen molar-refractivity contribution in [2.75, 3.05) is 16.5 Å². The minimum absolute atomic E-state index is 0.0794. The molecule has 5 nitrogen and oxygen atoms in total. The largest absolute Gasteiger partial charge is 0.457 e. The molecule has 0 aliphatic carbocycles. The molecule has 0 fully saturated rings. The van der Waals surface area contributed by atoms with Gasteiger partial charge in [-0.05, 0) is 99.1 Å². The smallest absolute Gasteiger partial charge is 0.200 e. The lowest BCUT2D eigenvalue weighted by atomic mass is 9.83. The Labute approximate surface area is 400 Å². The first-order valence-corrected chi connectivity index (χ1v) is 22.9. The summed E-state index contributed by atoms with van der Waals surface area (Å²) >= 11 is 0. The van der Waals surface area contributed by atoms with E-state index in [-0.39, 0.29) is 17.6 Å². The Morgan fingerprint density at radius 2 is 1.22 bits per heavy atom. The van der Waals surface area contributed by atoms with E-state index in [1.54, 1.807) is 6.07 Å². The zero-order chi connectivity index (χ0) is 49.6. The average molecular weight is 928 g/mol. The van der Waals surface area contributed by atoms with Gasteiger partial charge in [0.1, 0.15) is 24.0 Å². The fourth-order valence-electron chi connectivity index (χ4n) is 9.64. The van der Waals surface area contributed by atoms with E-state index in [1.807, 2.05) is 154 Å². The van der Waals surface area contributed by atoms with Gasteiger partial charge in [-0.25, -0.2) is 26.9 Å². The number of hydrogen-bond acceptors (Lipinski definition) is 4. The maximum atomic E-state index is 15.9. The first-order valence-electron chi connectivity index (χ1n) is 23.4. The molecule has 10 rings (SSSR count). The number of hydrogen-bond donors (Lipinski definition) is 0. The Balaban J connectivity index is 1.15. The summed E-state index contributed by atoms with van der Waals surface area (Å²) in [4.78, 5) is 8.76. The van der Waals surface area contributed by atoms with E-state index in [1.165, 1.54) is 6.07 Å². The van der Waals surface area contributed by atoms with Crippen LogP contribution >= 0.6 is 0 Å². The van der Waals surface area contributed by atoms with Crippen molar-refractivity contribution in [1.29, 1.82) is 0 Å². The van der Waals surface area contributed by atoms with Crippen molar-refractivity contribution in [3.63, 3.8) is 0 Å². The molecule has 1 aliphatic rings. The van der Waals surface area contributed by atoms with Gasteiger partial charge in [-0.1, -0.05) is 128 Å². The second-order valence-electron chi connectivity index (χ2n) is 19.9. The van der Waals surface area contributed by atoms with Gasteiger partial charge in [0.25, 0.3) is 0 Å². The third kappa shape index (κ3) is 7.85. The molecule has 1 aliphatic heterocycles. The maximum Gasteiger partial charge on any atom is 0.200 e. The van der Waals surface area contributed by atoms with Gasteiger partial charge in [0.05, 0.1) is 33.7 Å². The predicted octanol–water partition coefficient (Wildman–Crippen LogP) is 17.0. The fraction of sp³-hybridized carbons (Fsp3) is 0.203. The van der Waals surface area contributed by atoms with E-state index >= 15 is 17.6 Å². The van der Waals surface area contributed by atoms with Gasteiger partial charge < -0.3 is 14.5 Å². The van der Waals surface area contributed by atoms with Crippen LogP contribution in [0.2, 0.25) is 0 Å². The molecular formula is C59H51F5N4O. The molecule has 69 heavy (non-hydrogen) atoms. The molecule has 348 valence electrons. The number of halogens is 5. The molecule has 0 bridgehead atoms. The minimum Gasteiger partial charge on any atom is -0.457 e. The van der Waals surface area contributed by atoms with Gasteiger partial charge in [0.2, 0.25) is 5.82 Å². The lowest BCUT2D eigenvalue weighted by molar-refractivity contribution is 0.381. The molecule has 0 unspecified atom stereocenters. The number of pyridine rings is 1. The summed E-state index contributed by atoms with van der Waals surface area (Å²) in [5, 5.41) is 2.10. The van der Waals surface area contributed by atoms with Crippen LogP contribution in [0.5, 0.6) is 11.5 Å². The number of rotatable bonds is 8. The van der Waals surface area contributed by atoms with Crippen LogP contribution in [0.25, 0.3) is 49.9 Å². The molecule has 0 amide bonds. The van der Waals surface area contributed by atoms with Crippen LogP contribution in [-0.2, 0) is 10.8 Å². The van der Waals surface area contributed by atoms with Crippen molar-refractivity contribution >= 4 is 44.6 Å². The minimum atomic E-state index is -2.22. The highest BCUT2D eigenvalue weighted by molar-refractivity contribution is 6.09. The molecule has 7 aromatic carbocycles. The molecule has 3 heterocycles. The number of nitrogens with zero attached hydrogens (tertiary/aromatic N) is 4. The highest BCUT2D eigenvalue weighted by atomic mass is 19.2. The van der Waals surface area contributed by atoms with E-state index in [2.05, 4.69) is 49.6 Å². The summed E-state index contributed by atoms with van der Waals surface area (Å²) in [5.41, 5.74) is 6.52. The lowest BCUT2D eigenvalue weighted by Crippen LogP contribution is -2.27. The van der Waals surface area contributed by atoms with Crippen LogP contribution in [0.15, 0.2) is 146 Å².